The molecule has 1 aromatic carbocycles. The monoisotopic (exact) mass is 357 g/mol. The van der Waals surface area contributed by atoms with Crippen LogP contribution in [0.4, 0.5) is 8.78 Å². The fourth-order valence-electron chi connectivity index (χ4n) is 4.17. The molecule has 0 amide bonds. The fraction of sp³-hybridized carbons (Fsp3) is 0.522. The summed E-state index contributed by atoms with van der Waals surface area (Å²) in [5.74, 6) is -0.393. The number of unbranched alkanes of at least 4 members (excludes halogenated alkanes) is 3. The summed E-state index contributed by atoms with van der Waals surface area (Å²) in [7, 11) is 0. The molecule has 26 heavy (non-hydrogen) atoms. The predicted octanol–water partition coefficient (Wildman–Crippen LogP) is 7.27. The summed E-state index contributed by atoms with van der Waals surface area (Å²) < 4.78 is 26.3. The van der Waals surface area contributed by atoms with E-state index in [1.54, 1.807) is 0 Å². The molecule has 0 saturated heterocycles. The highest BCUT2D eigenvalue weighted by Gasteiger charge is 2.22. The van der Waals surface area contributed by atoms with Crippen molar-refractivity contribution in [2.75, 3.05) is 0 Å². The zero-order valence-electron chi connectivity index (χ0n) is 15.7. The van der Waals surface area contributed by atoms with Gasteiger partial charge in [-0.05, 0) is 54.7 Å². The molecule has 0 bridgehead atoms. The standard InChI is InChI=1S/C23H29F2N/c1-2-3-4-5-6-17-7-9-18(10-8-17)19-11-13-20(14-12-19)21-15-22(24)23(25)26-16-21/h11-18H,2-10H2,1H3. The van der Waals surface area contributed by atoms with Crippen LogP contribution in [-0.4, -0.2) is 4.98 Å². The number of halogens is 2. The Morgan fingerprint density at radius 2 is 1.65 bits per heavy atom. The summed E-state index contributed by atoms with van der Waals surface area (Å²) in [6.45, 7) is 2.26. The van der Waals surface area contributed by atoms with Crippen LogP contribution >= 0.6 is 0 Å². The van der Waals surface area contributed by atoms with Gasteiger partial charge < -0.3 is 0 Å². The van der Waals surface area contributed by atoms with Crippen LogP contribution in [0, 0.1) is 17.7 Å². The second-order valence-electron chi connectivity index (χ2n) is 7.69. The van der Waals surface area contributed by atoms with Crippen LogP contribution in [0.2, 0.25) is 0 Å². The molecule has 1 aliphatic rings. The van der Waals surface area contributed by atoms with E-state index in [4.69, 9.17) is 0 Å². The minimum atomic E-state index is -1.04. The van der Waals surface area contributed by atoms with Gasteiger partial charge in [0.25, 0.3) is 0 Å². The van der Waals surface area contributed by atoms with Crippen molar-refractivity contribution in [3.8, 4) is 11.1 Å². The van der Waals surface area contributed by atoms with Crippen LogP contribution in [0.5, 0.6) is 0 Å². The summed E-state index contributed by atoms with van der Waals surface area (Å²) in [6, 6.07) is 9.49. The highest BCUT2D eigenvalue weighted by molar-refractivity contribution is 5.62. The predicted molar refractivity (Wildman–Crippen MR) is 103 cm³/mol. The van der Waals surface area contributed by atoms with Crippen molar-refractivity contribution in [3.05, 3.63) is 53.9 Å². The van der Waals surface area contributed by atoms with Crippen LogP contribution in [0.25, 0.3) is 11.1 Å². The first kappa shape index (κ1) is 19.0. The lowest BCUT2D eigenvalue weighted by atomic mass is 9.77. The van der Waals surface area contributed by atoms with Gasteiger partial charge in [-0.3, -0.25) is 0 Å². The SMILES string of the molecule is CCCCCCC1CCC(c2ccc(-c3cnc(F)c(F)c3)cc2)CC1. The summed E-state index contributed by atoms with van der Waals surface area (Å²) in [5.41, 5.74) is 2.87. The molecule has 3 rings (SSSR count). The number of pyridine rings is 1. The van der Waals surface area contributed by atoms with Crippen molar-refractivity contribution in [3.63, 3.8) is 0 Å². The largest absolute Gasteiger partial charge is 0.248 e. The Balaban J connectivity index is 1.54. The molecule has 0 N–H and O–H groups in total. The molecule has 0 radical (unpaired) electrons. The number of hydrogen-bond acceptors (Lipinski definition) is 1. The Morgan fingerprint density at radius 1 is 0.923 bits per heavy atom. The lowest BCUT2D eigenvalue weighted by Crippen LogP contribution is -2.13. The average molecular weight is 357 g/mol. The minimum Gasteiger partial charge on any atom is -0.225 e. The van der Waals surface area contributed by atoms with Crippen molar-refractivity contribution < 1.29 is 8.78 Å². The molecule has 0 atom stereocenters. The van der Waals surface area contributed by atoms with Gasteiger partial charge in [0.1, 0.15) is 0 Å². The zero-order chi connectivity index (χ0) is 18.4. The van der Waals surface area contributed by atoms with Gasteiger partial charge in [-0.25, -0.2) is 9.37 Å². The van der Waals surface area contributed by atoms with Crippen molar-refractivity contribution >= 4 is 0 Å². The Kier molecular flexibility index (Phi) is 6.76. The normalized spacial score (nSPS) is 20.3. The third-order valence-corrected chi connectivity index (χ3v) is 5.82. The van der Waals surface area contributed by atoms with E-state index in [0.29, 0.717) is 11.5 Å². The van der Waals surface area contributed by atoms with Crippen molar-refractivity contribution in [1.82, 2.24) is 4.98 Å². The lowest BCUT2D eigenvalue weighted by Gasteiger charge is -2.29. The van der Waals surface area contributed by atoms with E-state index in [0.717, 1.165) is 11.5 Å². The molecule has 1 fully saturated rings. The maximum absolute atomic E-state index is 13.4. The van der Waals surface area contributed by atoms with E-state index in [1.807, 2.05) is 12.1 Å². The molecule has 1 nitrogen and oxygen atoms in total. The topological polar surface area (TPSA) is 12.9 Å². The number of benzene rings is 1. The Bertz CT molecular complexity index is 688. The molecule has 0 unspecified atom stereocenters. The fourth-order valence-corrected chi connectivity index (χ4v) is 4.17. The third-order valence-electron chi connectivity index (χ3n) is 5.82. The van der Waals surface area contributed by atoms with E-state index in [9.17, 15) is 8.78 Å². The van der Waals surface area contributed by atoms with Crippen LogP contribution < -0.4 is 0 Å². The molecule has 2 aromatic rings. The molecule has 1 aromatic heterocycles. The molecule has 0 aliphatic heterocycles. The van der Waals surface area contributed by atoms with Crippen molar-refractivity contribution in [1.29, 1.82) is 0 Å². The first-order valence-electron chi connectivity index (χ1n) is 10.1. The van der Waals surface area contributed by atoms with E-state index < -0.39 is 11.8 Å². The van der Waals surface area contributed by atoms with Crippen molar-refractivity contribution in [2.45, 2.75) is 70.6 Å². The van der Waals surface area contributed by atoms with E-state index >= 15 is 0 Å². The second-order valence-corrected chi connectivity index (χ2v) is 7.69. The molecular formula is C23H29F2N. The molecular weight excluding hydrogens is 328 g/mol. The first-order chi connectivity index (χ1) is 12.7. The highest BCUT2D eigenvalue weighted by atomic mass is 19.2. The maximum atomic E-state index is 13.4. The lowest BCUT2D eigenvalue weighted by molar-refractivity contribution is 0.302. The summed E-state index contributed by atoms with van der Waals surface area (Å²) in [5, 5.41) is 0. The van der Waals surface area contributed by atoms with E-state index in [2.05, 4.69) is 24.0 Å². The van der Waals surface area contributed by atoms with Crippen molar-refractivity contribution in [2.24, 2.45) is 5.92 Å². The zero-order valence-corrected chi connectivity index (χ0v) is 15.7. The Hall–Kier alpha value is -1.77. The molecule has 1 saturated carbocycles. The van der Waals surface area contributed by atoms with Crippen LogP contribution in [0.15, 0.2) is 36.5 Å². The Labute approximate surface area is 155 Å². The first-order valence-corrected chi connectivity index (χ1v) is 10.1. The number of hydrogen-bond donors (Lipinski definition) is 0. The molecule has 3 heteroatoms. The summed E-state index contributed by atoms with van der Waals surface area (Å²) in [6.07, 6.45) is 13.5. The van der Waals surface area contributed by atoms with Gasteiger partial charge in [-0.1, -0.05) is 63.3 Å². The van der Waals surface area contributed by atoms with Crippen LogP contribution in [0.1, 0.15) is 76.2 Å². The molecule has 1 aliphatic carbocycles. The van der Waals surface area contributed by atoms with E-state index in [-0.39, 0.29) is 0 Å². The van der Waals surface area contributed by atoms with Gasteiger partial charge >= 0.3 is 0 Å². The minimum absolute atomic E-state index is 0.617. The smallest absolute Gasteiger partial charge is 0.225 e. The van der Waals surface area contributed by atoms with Gasteiger partial charge in [0.2, 0.25) is 5.95 Å². The quantitative estimate of drug-likeness (QED) is 0.375. The molecule has 140 valence electrons. The Morgan fingerprint density at radius 3 is 2.31 bits per heavy atom. The highest BCUT2D eigenvalue weighted by Crippen LogP contribution is 2.38. The average Bonchev–Trinajstić information content (AvgIpc) is 2.68. The summed E-state index contributed by atoms with van der Waals surface area (Å²) >= 11 is 0. The molecule has 1 heterocycles. The second kappa shape index (κ2) is 9.25. The van der Waals surface area contributed by atoms with Crippen LogP contribution in [-0.2, 0) is 0 Å². The van der Waals surface area contributed by atoms with Gasteiger partial charge in [-0.2, -0.15) is 4.39 Å². The van der Waals surface area contributed by atoms with Crippen LogP contribution in [0.3, 0.4) is 0 Å². The number of rotatable bonds is 7. The van der Waals surface area contributed by atoms with E-state index in [1.165, 1.54) is 75.6 Å². The number of aromatic nitrogens is 1. The number of nitrogens with zero attached hydrogens (tertiary/aromatic N) is 1. The van der Waals surface area contributed by atoms with Gasteiger partial charge in [-0.15, -0.1) is 0 Å². The van der Waals surface area contributed by atoms with Gasteiger partial charge in [0.05, 0.1) is 0 Å². The third kappa shape index (κ3) is 4.90. The van der Waals surface area contributed by atoms with Gasteiger partial charge in [0.15, 0.2) is 5.82 Å². The molecule has 0 spiro atoms. The van der Waals surface area contributed by atoms with Gasteiger partial charge in [0, 0.05) is 11.8 Å². The maximum Gasteiger partial charge on any atom is 0.248 e. The summed E-state index contributed by atoms with van der Waals surface area (Å²) in [4.78, 5) is 3.47.